The summed E-state index contributed by atoms with van der Waals surface area (Å²) in [5.74, 6) is 5.93. The summed E-state index contributed by atoms with van der Waals surface area (Å²) >= 11 is 0. The van der Waals surface area contributed by atoms with Gasteiger partial charge in [0.15, 0.2) is 0 Å². The number of halogens is 1. The molecular formula is C18H13FO. The molecule has 0 unspecified atom stereocenters. The average Bonchev–Trinajstić information content (AvgIpc) is 3.23. The summed E-state index contributed by atoms with van der Waals surface area (Å²) in [5, 5.41) is 0. The number of aldehydes is 1. The molecule has 1 aliphatic rings. The first-order valence-corrected chi connectivity index (χ1v) is 6.53. The average molecular weight is 264 g/mol. The lowest BCUT2D eigenvalue weighted by Crippen LogP contribution is -2.01. The third kappa shape index (κ3) is 2.35. The van der Waals surface area contributed by atoms with E-state index in [9.17, 15) is 9.18 Å². The molecular weight excluding hydrogens is 251 g/mol. The maximum Gasteiger partial charge on any atom is 0.138 e. The second-order valence-corrected chi connectivity index (χ2v) is 5.08. The molecule has 2 atom stereocenters. The zero-order valence-corrected chi connectivity index (χ0v) is 10.8. The van der Waals surface area contributed by atoms with Gasteiger partial charge in [0.2, 0.25) is 0 Å². The lowest BCUT2D eigenvalue weighted by Gasteiger charge is -2.01. The molecule has 1 aliphatic carbocycles. The second kappa shape index (κ2) is 4.94. The largest absolute Gasteiger partial charge is 0.302 e. The normalized spacial score (nSPS) is 23.6. The Kier molecular flexibility index (Phi) is 3.12. The van der Waals surface area contributed by atoms with Crippen LogP contribution in [0.25, 0.3) is 0 Å². The first-order chi connectivity index (χ1) is 9.73. The molecule has 0 amide bonds. The highest BCUT2D eigenvalue weighted by atomic mass is 19.1. The predicted octanol–water partition coefficient (Wildman–Crippen LogP) is 3.55. The Hall–Kier alpha value is -2.40. The molecule has 98 valence electrons. The van der Waals surface area contributed by atoms with Crippen LogP contribution in [0.1, 0.15) is 23.5 Å². The highest BCUT2D eigenvalue weighted by molar-refractivity contribution is 5.74. The topological polar surface area (TPSA) is 17.1 Å². The summed E-state index contributed by atoms with van der Waals surface area (Å²) < 4.78 is 12.8. The first kappa shape index (κ1) is 12.6. The molecule has 2 aromatic carbocycles. The summed E-state index contributed by atoms with van der Waals surface area (Å²) in [7, 11) is 0. The maximum atomic E-state index is 12.8. The van der Waals surface area contributed by atoms with Gasteiger partial charge in [-0.15, -0.1) is 0 Å². The van der Waals surface area contributed by atoms with Crippen molar-refractivity contribution in [1.29, 1.82) is 0 Å². The van der Waals surface area contributed by atoms with E-state index in [1.165, 1.54) is 12.1 Å². The monoisotopic (exact) mass is 264 g/mol. The molecule has 1 nitrogen and oxygen atoms in total. The fourth-order valence-electron chi connectivity index (χ4n) is 2.40. The molecule has 1 saturated carbocycles. The third-order valence-electron chi connectivity index (χ3n) is 3.70. The van der Waals surface area contributed by atoms with Crippen molar-refractivity contribution in [1.82, 2.24) is 0 Å². The maximum absolute atomic E-state index is 12.8. The third-order valence-corrected chi connectivity index (χ3v) is 3.70. The smallest absolute Gasteiger partial charge is 0.138 e. The summed E-state index contributed by atoms with van der Waals surface area (Å²) in [6.45, 7) is 0. The predicted molar refractivity (Wildman–Crippen MR) is 75.6 cm³/mol. The van der Waals surface area contributed by atoms with Gasteiger partial charge in [-0.05, 0) is 36.2 Å². The van der Waals surface area contributed by atoms with Crippen molar-refractivity contribution in [2.24, 2.45) is 5.41 Å². The molecule has 2 aromatic rings. The summed E-state index contributed by atoms with van der Waals surface area (Å²) in [4.78, 5) is 11.4. The number of carbonyl (C=O) groups excluding carboxylic acids is 1. The van der Waals surface area contributed by atoms with Crippen molar-refractivity contribution >= 4 is 6.29 Å². The SMILES string of the molecule is O=C[C@@]1(C#Cc2ccc(F)cc2)C[C@@H]1c1ccccc1. The van der Waals surface area contributed by atoms with Gasteiger partial charge in [-0.3, -0.25) is 0 Å². The van der Waals surface area contributed by atoms with Gasteiger partial charge in [0, 0.05) is 11.5 Å². The van der Waals surface area contributed by atoms with Gasteiger partial charge < -0.3 is 4.79 Å². The molecule has 1 fully saturated rings. The van der Waals surface area contributed by atoms with Crippen LogP contribution in [0.2, 0.25) is 0 Å². The Balaban J connectivity index is 1.83. The van der Waals surface area contributed by atoms with Gasteiger partial charge in [-0.25, -0.2) is 4.39 Å². The quantitative estimate of drug-likeness (QED) is 0.599. The standard InChI is InChI=1S/C18H13FO/c19-16-8-6-14(7-9-16)10-11-18(13-20)12-17(18)15-4-2-1-3-5-15/h1-9,13,17H,12H2/t17-,18-/m1/s1. The second-order valence-electron chi connectivity index (χ2n) is 5.08. The Morgan fingerprint density at radius 2 is 1.80 bits per heavy atom. The van der Waals surface area contributed by atoms with E-state index in [-0.39, 0.29) is 11.7 Å². The van der Waals surface area contributed by atoms with Crippen LogP contribution in [-0.4, -0.2) is 6.29 Å². The number of rotatable bonds is 2. The molecule has 0 heterocycles. The van der Waals surface area contributed by atoms with Crippen molar-refractivity contribution in [2.75, 3.05) is 0 Å². The van der Waals surface area contributed by atoms with Crippen molar-refractivity contribution in [3.8, 4) is 11.8 Å². The number of hydrogen-bond donors (Lipinski definition) is 0. The van der Waals surface area contributed by atoms with Gasteiger partial charge in [0.05, 0.1) is 5.41 Å². The van der Waals surface area contributed by atoms with Gasteiger partial charge in [-0.2, -0.15) is 0 Å². The van der Waals surface area contributed by atoms with Crippen molar-refractivity contribution in [2.45, 2.75) is 12.3 Å². The van der Waals surface area contributed by atoms with E-state index >= 15 is 0 Å². The van der Waals surface area contributed by atoms with E-state index in [1.807, 2.05) is 30.3 Å². The molecule has 0 saturated heterocycles. The van der Waals surface area contributed by atoms with Crippen LogP contribution in [0, 0.1) is 23.1 Å². The minimum Gasteiger partial charge on any atom is -0.302 e. The van der Waals surface area contributed by atoms with Gasteiger partial charge in [0.1, 0.15) is 12.1 Å². The molecule has 3 rings (SSSR count). The van der Waals surface area contributed by atoms with Crippen LogP contribution in [-0.2, 0) is 4.79 Å². The number of hydrogen-bond acceptors (Lipinski definition) is 1. The Morgan fingerprint density at radius 3 is 2.45 bits per heavy atom. The van der Waals surface area contributed by atoms with Crippen LogP contribution in [0.5, 0.6) is 0 Å². The Morgan fingerprint density at radius 1 is 1.10 bits per heavy atom. The van der Waals surface area contributed by atoms with E-state index in [0.29, 0.717) is 0 Å². The van der Waals surface area contributed by atoms with Crippen molar-refractivity contribution in [3.05, 3.63) is 71.5 Å². The summed E-state index contributed by atoms with van der Waals surface area (Å²) in [6, 6.07) is 15.9. The molecule has 0 bridgehead atoms. The van der Waals surface area contributed by atoms with Crippen LogP contribution < -0.4 is 0 Å². The summed E-state index contributed by atoms with van der Waals surface area (Å²) in [6.07, 6.45) is 1.70. The van der Waals surface area contributed by atoms with Crippen molar-refractivity contribution in [3.63, 3.8) is 0 Å². The van der Waals surface area contributed by atoms with Crippen LogP contribution in [0.15, 0.2) is 54.6 Å². The minimum atomic E-state index is -0.574. The zero-order valence-electron chi connectivity index (χ0n) is 10.8. The fourth-order valence-corrected chi connectivity index (χ4v) is 2.40. The highest BCUT2D eigenvalue weighted by Crippen LogP contribution is 2.57. The lowest BCUT2D eigenvalue weighted by atomic mass is 10.0. The molecule has 20 heavy (non-hydrogen) atoms. The lowest BCUT2D eigenvalue weighted by molar-refractivity contribution is -0.110. The zero-order chi connectivity index (χ0) is 14.0. The van der Waals surface area contributed by atoms with Crippen LogP contribution >= 0.6 is 0 Å². The van der Waals surface area contributed by atoms with Crippen LogP contribution in [0.4, 0.5) is 4.39 Å². The molecule has 2 heteroatoms. The molecule has 0 aliphatic heterocycles. The Labute approximate surface area is 117 Å². The highest BCUT2D eigenvalue weighted by Gasteiger charge is 2.54. The molecule has 0 N–H and O–H groups in total. The number of carbonyl (C=O) groups is 1. The first-order valence-electron chi connectivity index (χ1n) is 6.53. The molecule has 0 aromatic heterocycles. The van der Waals surface area contributed by atoms with E-state index in [0.717, 1.165) is 23.8 Å². The van der Waals surface area contributed by atoms with Gasteiger partial charge in [-0.1, -0.05) is 42.2 Å². The van der Waals surface area contributed by atoms with E-state index in [4.69, 9.17) is 0 Å². The van der Waals surface area contributed by atoms with Gasteiger partial charge in [0.25, 0.3) is 0 Å². The van der Waals surface area contributed by atoms with Crippen LogP contribution in [0.3, 0.4) is 0 Å². The van der Waals surface area contributed by atoms with E-state index in [1.54, 1.807) is 12.1 Å². The van der Waals surface area contributed by atoms with Gasteiger partial charge >= 0.3 is 0 Å². The fraction of sp³-hybridized carbons (Fsp3) is 0.167. The number of benzene rings is 2. The van der Waals surface area contributed by atoms with Crippen molar-refractivity contribution < 1.29 is 9.18 Å². The minimum absolute atomic E-state index is 0.175. The Bertz CT molecular complexity index is 679. The molecule has 0 spiro atoms. The summed E-state index contributed by atoms with van der Waals surface area (Å²) in [5.41, 5.74) is 1.30. The van der Waals surface area contributed by atoms with E-state index < -0.39 is 5.41 Å². The van der Waals surface area contributed by atoms with E-state index in [2.05, 4.69) is 11.8 Å². The molecule has 0 radical (unpaired) electrons.